The maximum Gasteiger partial charge on any atom is 0.319 e. The van der Waals surface area contributed by atoms with Gasteiger partial charge in [-0.2, -0.15) is 4.98 Å². The summed E-state index contributed by atoms with van der Waals surface area (Å²) in [5.41, 5.74) is 0. The number of ether oxygens (including phenoxy) is 2. The molecule has 2 aliphatic heterocycles. The molecule has 5 heteroatoms. The van der Waals surface area contributed by atoms with Gasteiger partial charge in [0.1, 0.15) is 6.10 Å². The Labute approximate surface area is 101 Å². The smallest absolute Gasteiger partial charge is 0.319 e. The molecule has 0 aromatic carbocycles. The van der Waals surface area contributed by atoms with Gasteiger partial charge in [-0.1, -0.05) is 0 Å². The minimum Gasteiger partial charge on any atom is -0.481 e. The largest absolute Gasteiger partial charge is 0.481 e. The number of methoxy groups -OCH3 is 1. The molecular weight excluding hydrogens is 218 g/mol. The Morgan fingerprint density at radius 2 is 2.06 bits per heavy atom. The molecule has 17 heavy (non-hydrogen) atoms. The summed E-state index contributed by atoms with van der Waals surface area (Å²) in [5.74, 6) is 0.548. The number of fused-ring (bicyclic) bond motifs is 2. The van der Waals surface area contributed by atoms with Gasteiger partial charge in [-0.15, -0.1) is 0 Å². The average molecular weight is 235 g/mol. The lowest BCUT2D eigenvalue weighted by atomic mass is 10.0. The zero-order valence-corrected chi connectivity index (χ0v) is 9.93. The molecule has 0 aliphatic carbocycles. The first-order chi connectivity index (χ1) is 8.33. The molecule has 3 heterocycles. The standard InChI is InChI=1S/C12H17N3O2/c1-16-11-4-5-13-12(15-11)17-10-6-8-2-3-9(7-10)14-8/h4-5,8-10,14H,2-3,6-7H2,1H3. The molecule has 0 spiro atoms. The van der Waals surface area contributed by atoms with Gasteiger partial charge >= 0.3 is 6.01 Å². The fourth-order valence-electron chi connectivity index (χ4n) is 2.75. The fraction of sp³-hybridized carbons (Fsp3) is 0.667. The van der Waals surface area contributed by atoms with Crippen molar-refractivity contribution in [2.75, 3.05) is 7.11 Å². The molecular formula is C12H17N3O2. The molecule has 1 aromatic heterocycles. The molecule has 0 amide bonds. The molecule has 0 radical (unpaired) electrons. The molecule has 1 aromatic rings. The summed E-state index contributed by atoms with van der Waals surface area (Å²) < 4.78 is 10.9. The highest BCUT2D eigenvalue weighted by Gasteiger charge is 2.34. The third kappa shape index (κ3) is 2.34. The lowest BCUT2D eigenvalue weighted by molar-refractivity contribution is 0.124. The first-order valence-corrected chi connectivity index (χ1v) is 6.13. The van der Waals surface area contributed by atoms with E-state index in [9.17, 15) is 0 Å². The van der Waals surface area contributed by atoms with Crippen LogP contribution in [0, 0.1) is 0 Å². The minimum atomic E-state index is 0.237. The molecule has 2 bridgehead atoms. The van der Waals surface area contributed by atoms with Crippen molar-refractivity contribution in [2.24, 2.45) is 0 Å². The maximum absolute atomic E-state index is 5.84. The van der Waals surface area contributed by atoms with Crippen LogP contribution in [0.15, 0.2) is 12.3 Å². The Bertz CT molecular complexity index is 387. The second kappa shape index (κ2) is 4.49. The van der Waals surface area contributed by atoms with Crippen LogP contribution in [0.3, 0.4) is 0 Å². The average Bonchev–Trinajstić information content (AvgIpc) is 2.69. The summed E-state index contributed by atoms with van der Waals surface area (Å²) >= 11 is 0. The Hall–Kier alpha value is -1.36. The maximum atomic E-state index is 5.84. The number of nitrogens with one attached hydrogen (secondary N) is 1. The Kier molecular flexibility index (Phi) is 2.84. The number of nitrogens with zero attached hydrogens (tertiary/aromatic N) is 2. The number of hydrogen-bond donors (Lipinski definition) is 1. The van der Waals surface area contributed by atoms with E-state index in [1.165, 1.54) is 12.8 Å². The van der Waals surface area contributed by atoms with E-state index in [-0.39, 0.29) is 6.10 Å². The lowest BCUT2D eigenvalue weighted by Crippen LogP contribution is -2.42. The molecule has 5 nitrogen and oxygen atoms in total. The minimum absolute atomic E-state index is 0.237. The van der Waals surface area contributed by atoms with Gasteiger partial charge in [0.05, 0.1) is 7.11 Å². The Morgan fingerprint density at radius 1 is 1.29 bits per heavy atom. The highest BCUT2D eigenvalue weighted by atomic mass is 16.5. The van der Waals surface area contributed by atoms with Crippen molar-refractivity contribution in [1.29, 1.82) is 0 Å². The number of piperidine rings is 1. The number of aromatic nitrogens is 2. The predicted octanol–water partition coefficient (Wildman–Crippen LogP) is 1.15. The molecule has 2 aliphatic rings. The summed E-state index contributed by atoms with van der Waals surface area (Å²) in [6.07, 6.45) is 6.54. The topological polar surface area (TPSA) is 56.3 Å². The van der Waals surface area contributed by atoms with Gasteiger partial charge in [-0.05, 0) is 25.7 Å². The van der Waals surface area contributed by atoms with E-state index < -0.39 is 0 Å². The molecule has 1 N–H and O–H groups in total. The van der Waals surface area contributed by atoms with Gasteiger partial charge < -0.3 is 14.8 Å². The first kappa shape index (κ1) is 10.8. The van der Waals surface area contributed by atoms with Gasteiger partial charge in [0, 0.05) is 24.3 Å². The van der Waals surface area contributed by atoms with Gasteiger partial charge in [0.25, 0.3) is 0 Å². The Balaban J connectivity index is 1.66. The van der Waals surface area contributed by atoms with Crippen molar-refractivity contribution in [1.82, 2.24) is 15.3 Å². The molecule has 2 atom stereocenters. The highest BCUT2D eigenvalue weighted by molar-refractivity contribution is 5.11. The number of rotatable bonds is 3. The van der Waals surface area contributed by atoms with E-state index in [0.717, 1.165) is 12.8 Å². The lowest BCUT2D eigenvalue weighted by Gasteiger charge is -2.28. The monoisotopic (exact) mass is 235 g/mol. The molecule has 2 unspecified atom stereocenters. The van der Waals surface area contributed by atoms with Crippen LogP contribution in [-0.2, 0) is 0 Å². The molecule has 0 saturated carbocycles. The second-order valence-electron chi connectivity index (χ2n) is 4.73. The van der Waals surface area contributed by atoms with Crippen molar-refractivity contribution in [2.45, 2.75) is 43.9 Å². The molecule has 2 fully saturated rings. The number of hydrogen-bond acceptors (Lipinski definition) is 5. The molecule has 3 rings (SSSR count). The highest BCUT2D eigenvalue weighted by Crippen LogP contribution is 2.28. The summed E-state index contributed by atoms with van der Waals surface area (Å²) in [6.45, 7) is 0. The zero-order valence-electron chi connectivity index (χ0n) is 9.93. The van der Waals surface area contributed by atoms with E-state index in [4.69, 9.17) is 9.47 Å². The van der Waals surface area contributed by atoms with Gasteiger partial charge in [-0.3, -0.25) is 0 Å². The van der Waals surface area contributed by atoms with Crippen LogP contribution >= 0.6 is 0 Å². The van der Waals surface area contributed by atoms with E-state index in [2.05, 4.69) is 15.3 Å². The summed E-state index contributed by atoms with van der Waals surface area (Å²) in [5, 5.41) is 3.58. The van der Waals surface area contributed by atoms with Crippen LogP contribution in [0.4, 0.5) is 0 Å². The van der Waals surface area contributed by atoms with Crippen LogP contribution in [-0.4, -0.2) is 35.3 Å². The van der Waals surface area contributed by atoms with Crippen molar-refractivity contribution in [3.05, 3.63) is 12.3 Å². The summed E-state index contributed by atoms with van der Waals surface area (Å²) in [6, 6.07) is 3.38. The van der Waals surface area contributed by atoms with Crippen molar-refractivity contribution in [3.63, 3.8) is 0 Å². The van der Waals surface area contributed by atoms with E-state index >= 15 is 0 Å². The van der Waals surface area contributed by atoms with Crippen molar-refractivity contribution in [3.8, 4) is 11.9 Å². The molecule has 92 valence electrons. The zero-order chi connectivity index (χ0) is 11.7. The summed E-state index contributed by atoms with van der Waals surface area (Å²) in [4.78, 5) is 8.30. The van der Waals surface area contributed by atoms with Crippen LogP contribution in [0.5, 0.6) is 11.9 Å². The molecule has 2 saturated heterocycles. The van der Waals surface area contributed by atoms with Crippen LogP contribution in [0.1, 0.15) is 25.7 Å². The van der Waals surface area contributed by atoms with E-state index in [1.54, 1.807) is 19.4 Å². The second-order valence-corrected chi connectivity index (χ2v) is 4.73. The quantitative estimate of drug-likeness (QED) is 0.851. The first-order valence-electron chi connectivity index (χ1n) is 6.13. The van der Waals surface area contributed by atoms with Gasteiger partial charge in [0.15, 0.2) is 0 Å². The van der Waals surface area contributed by atoms with Crippen LogP contribution < -0.4 is 14.8 Å². The summed E-state index contributed by atoms with van der Waals surface area (Å²) in [7, 11) is 1.59. The van der Waals surface area contributed by atoms with E-state index in [1.807, 2.05) is 0 Å². The third-order valence-electron chi connectivity index (χ3n) is 3.52. The third-order valence-corrected chi connectivity index (χ3v) is 3.52. The van der Waals surface area contributed by atoms with Crippen molar-refractivity contribution >= 4 is 0 Å². The van der Waals surface area contributed by atoms with E-state index in [0.29, 0.717) is 24.0 Å². The van der Waals surface area contributed by atoms with Gasteiger partial charge in [0.2, 0.25) is 5.88 Å². The van der Waals surface area contributed by atoms with Crippen LogP contribution in [0.2, 0.25) is 0 Å². The Morgan fingerprint density at radius 3 is 2.76 bits per heavy atom. The SMILES string of the molecule is COc1ccnc(OC2CC3CCC(C2)N3)n1. The normalized spacial score (nSPS) is 31.2. The van der Waals surface area contributed by atoms with Crippen LogP contribution in [0.25, 0.3) is 0 Å². The van der Waals surface area contributed by atoms with Crippen molar-refractivity contribution < 1.29 is 9.47 Å². The predicted molar refractivity (Wildman–Crippen MR) is 62.2 cm³/mol. The fourth-order valence-corrected chi connectivity index (χ4v) is 2.75. The van der Waals surface area contributed by atoms with Gasteiger partial charge in [-0.25, -0.2) is 4.98 Å².